The highest BCUT2D eigenvalue weighted by Gasteiger charge is 2.17. The van der Waals surface area contributed by atoms with Gasteiger partial charge in [-0.15, -0.1) is 9.24 Å². The number of amides is 1. The average molecular weight is 347 g/mol. The van der Waals surface area contributed by atoms with Crippen LogP contribution in [0.15, 0.2) is 42.5 Å². The zero-order valence-electron chi connectivity index (χ0n) is 14.0. The van der Waals surface area contributed by atoms with E-state index >= 15 is 0 Å². The first-order chi connectivity index (χ1) is 11.6. The Bertz CT molecular complexity index is 688. The molecule has 0 saturated carbocycles. The van der Waals surface area contributed by atoms with Gasteiger partial charge in [0.25, 0.3) is 12.2 Å². The summed E-state index contributed by atoms with van der Waals surface area (Å²) in [4.78, 5) is 11.6. The van der Waals surface area contributed by atoms with Gasteiger partial charge in [0, 0.05) is 19.5 Å². The summed E-state index contributed by atoms with van der Waals surface area (Å²) in [5.41, 5.74) is 1.26. The average Bonchev–Trinajstić information content (AvgIpc) is 2.62. The predicted octanol–water partition coefficient (Wildman–Crippen LogP) is 2.64. The molecule has 6 heteroatoms. The lowest BCUT2D eigenvalue weighted by Gasteiger charge is -2.16. The van der Waals surface area contributed by atoms with Crippen molar-refractivity contribution in [3.63, 3.8) is 0 Å². The van der Waals surface area contributed by atoms with Crippen LogP contribution in [0.4, 0.5) is 0 Å². The molecule has 5 nitrogen and oxygen atoms in total. The van der Waals surface area contributed by atoms with Gasteiger partial charge in [-0.05, 0) is 48.4 Å². The highest BCUT2D eigenvalue weighted by Crippen LogP contribution is 2.25. The smallest absolute Gasteiger partial charge is 0.289 e. The van der Waals surface area contributed by atoms with E-state index in [0.717, 1.165) is 17.5 Å². The van der Waals surface area contributed by atoms with E-state index in [-0.39, 0.29) is 5.91 Å². The predicted molar refractivity (Wildman–Crippen MR) is 97.2 cm³/mol. The molecule has 2 aromatic rings. The Morgan fingerprint density at radius 2 is 1.83 bits per heavy atom. The normalized spacial score (nSPS) is 11.7. The first-order valence-corrected chi connectivity index (χ1v) is 8.22. The van der Waals surface area contributed by atoms with Crippen molar-refractivity contribution in [1.82, 2.24) is 5.32 Å². The van der Waals surface area contributed by atoms with Gasteiger partial charge in [0.15, 0.2) is 0 Å². The topological polar surface area (TPSA) is 56.8 Å². The van der Waals surface area contributed by atoms with Gasteiger partial charge in [-0.1, -0.05) is 13.0 Å². The zero-order chi connectivity index (χ0) is 17.5. The Morgan fingerprint density at radius 1 is 1.17 bits per heavy atom. The molecule has 1 amide bonds. The number of benzene rings is 2. The first kappa shape index (κ1) is 18.2. The summed E-state index contributed by atoms with van der Waals surface area (Å²) in [6, 6.07) is 13.1. The molecule has 0 aliphatic carbocycles. The monoisotopic (exact) mass is 347 g/mol. The fraction of sp³-hybridized carbons (Fsp3) is 0.278. The van der Waals surface area contributed by atoms with E-state index in [0.29, 0.717) is 11.5 Å². The van der Waals surface area contributed by atoms with Crippen LogP contribution in [0.3, 0.4) is 0 Å². The standard InChI is InChI=1S/C18H22NO4P/c1-4-12-5-10-15(16(24)11-12)22-13-6-8-14(9-7-13)23-18(21-3)17(20)19-2/h5-11,18H,4,24H2,1-3H3,(H,19,20). The molecule has 128 valence electrons. The highest BCUT2D eigenvalue weighted by atomic mass is 31.0. The van der Waals surface area contributed by atoms with E-state index < -0.39 is 6.29 Å². The van der Waals surface area contributed by atoms with Crippen LogP contribution in [0, 0.1) is 0 Å². The van der Waals surface area contributed by atoms with Gasteiger partial charge >= 0.3 is 0 Å². The maximum atomic E-state index is 11.6. The third-order valence-corrected chi connectivity index (χ3v) is 3.90. The van der Waals surface area contributed by atoms with Gasteiger partial charge in [0.1, 0.15) is 17.2 Å². The van der Waals surface area contributed by atoms with E-state index in [1.54, 1.807) is 24.3 Å². The number of nitrogens with one attached hydrogen (secondary N) is 1. The van der Waals surface area contributed by atoms with Gasteiger partial charge in [0.05, 0.1) is 0 Å². The Hall–Kier alpha value is -2.10. The van der Waals surface area contributed by atoms with Gasteiger partial charge in [0.2, 0.25) is 0 Å². The summed E-state index contributed by atoms with van der Waals surface area (Å²) in [6.45, 7) is 2.12. The minimum Gasteiger partial charge on any atom is -0.457 e. The minimum absolute atomic E-state index is 0.346. The van der Waals surface area contributed by atoms with Crippen LogP contribution in [0.2, 0.25) is 0 Å². The first-order valence-electron chi connectivity index (χ1n) is 7.64. The molecule has 1 N–H and O–H groups in total. The molecule has 2 unspecified atom stereocenters. The van der Waals surface area contributed by atoms with Gasteiger partial charge < -0.3 is 19.5 Å². The van der Waals surface area contributed by atoms with Gasteiger partial charge in [-0.2, -0.15) is 0 Å². The molecular formula is C18H22NO4P. The SMILES string of the molecule is CCc1ccc(Oc2ccc(OC(OC)C(=O)NC)cc2)c(P)c1. The van der Waals surface area contributed by atoms with E-state index in [1.807, 2.05) is 12.1 Å². The fourth-order valence-corrected chi connectivity index (χ4v) is 2.44. The Kier molecular flexibility index (Phi) is 6.59. The molecule has 0 aliphatic heterocycles. The number of aryl methyl sites for hydroxylation is 1. The lowest BCUT2D eigenvalue weighted by molar-refractivity contribution is -0.147. The number of carbonyl (C=O) groups excluding carboxylic acids is 1. The Morgan fingerprint density at radius 3 is 2.38 bits per heavy atom. The van der Waals surface area contributed by atoms with Crippen molar-refractivity contribution in [2.24, 2.45) is 0 Å². The molecule has 0 saturated heterocycles. The molecule has 24 heavy (non-hydrogen) atoms. The molecule has 2 atom stereocenters. The lowest BCUT2D eigenvalue weighted by Crippen LogP contribution is -2.37. The molecular weight excluding hydrogens is 325 g/mol. The van der Waals surface area contributed by atoms with Gasteiger partial charge in [-0.25, -0.2) is 0 Å². The zero-order valence-corrected chi connectivity index (χ0v) is 15.2. The molecule has 0 spiro atoms. The van der Waals surface area contributed by atoms with Crippen LogP contribution < -0.4 is 20.1 Å². The highest BCUT2D eigenvalue weighted by molar-refractivity contribution is 7.27. The van der Waals surface area contributed by atoms with Crippen LogP contribution in [-0.2, 0) is 16.0 Å². The molecule has 0 fully saturated rings. The van der Waals surface area contributed by atoms with Crippen molar-refractivity contribution in [2.75, 3.05) is 14.2 Å². The number of hydrogen-bond donors (Lipinski definition) is 1. The largest absolute Gasteiger partial charge is 0.457 e. The van der Waals surface area contributed by atoms with E-state index in [9.17, 15) is 4.79 Å². The number of ether oxygens (including phenoxy) is 3. The van der Waals surface area contributed by atoms with Gasteiger partial charge in [-0.3, -0.25) is 4.79 Å². The van der Waals surface area contributed by atoms with Crippen molar-refractivity contribution in [2.45, 2.75) is 19.6 Å². The Balaban J connectivity index is 2.05. The second-order valence-electron chi connectivity index (χ2n) is 5.10. The minimum atomic E-state index is -0.984. The molecule has 0 aliphatic rings. The van der Waals surface area contributed by atoms with Crippen LogP contribution in [0.25, 0.3) is 0 Å². The van der Waals surface area contributed by atoms with E-state index in [1.165, 1.54) is 19.7 Å². The molecule has 2 rings (SSSR count). The van der Waals surface area contributed by atoms with Crippen molar-refractivity contribution >= 4 is 20.5 Å². The van der Waals surface area contributed by atoms with Crippen LogP contribution in [0.5, 0.6) is 17.2 Å². The van der Waals surface area contributed by atoms with E-state index in [2.05, 4.69) is 27.5 Å². The van der Waals surface area contributed by atoms with Crippen molar-refractivity contribution < 1.29 is 19.0 Å². The second kappa shape index (κ2) is 8.67. The van der Waals surface area contributed by atoms with Crippen molar-refractivity contribution in [3.05, 3.63) is 48.0 Å². The maximum Gasteiger partial charge on any atom is 0.289 e. The lowest BCUT2D eigenvalue weighted by atomic mass is 10.2. The maximum absolute atomic E-state index is 11.6. The summed E-state index contributed by atoms with van der Waals surface area (Å²) in [7, 11) is 5.63. The van der Waals surface area contributed by atoms with Crippen molar-refractivity contribution in [3.8, 4) is 17.2 Å². The number of hydrogen-bond acceptors (Lipinski definition) is 4. The quantitative estimate of drug-likeness (QED) is 0.618. The van der Waals surface area contributed by atoms with E-state index in [4.69, 9.17) is 14.2 Å². The summed E-state index contributed by atoms with van der Waals surface area (Å²) >= 11 is 0. The molecule has 0 bridgehead atoms. The summed E-state index contributed by atoms with van der Waals surface area (Å²) in [5.74, 6) is 1.64. The third kappa shape index (κ3) is 4.70. The fourth-order valence-electron chi connectivity index (χ4n) is 2.07. The summed E-state index contributed by atoms with van der Waals surface area (Å²) in [6.07, 6.45) is 0.00157. The van der Waals surface area contributed by atoms with Crippen LogP contribution in [-0.4, -0.2) is 26.4 Å². The number of likely N-dealkylation sites (N-methyl/N-ethyl adjacent to an activating group) is 1. The number of carbonyl (C=O) groups is 1. The summed E-state index contributed by atoms with van der Waals surface area (Å²) in [5, 5.41) is 3.49. The third-order valence-electron chi connectivity index (χ3n) is 3.45. The molecule has 0 aromatic heterocycles. The molecule has 0 radical (unpaired) electrons. The van der Waals surface area contributed by atoms with Crippen molar-refractivity contribution in [1.29, 1.82) is 0 Å². The van der Waals surface area contributed by atoms with Crippen LogP contribution >= 0.6 is 9.24 Å². The summed E-state index contributed by atoms with van der Waals surface area (Å²) < 4.78 is 16.4. The number of rotatable bonds is 7. The Labute approximate surface area is 144 Å². The molecule has 0 heterocycles. The second-order valence-corrected chi connectivity index (χ2v) is 5.72. The van der Waals surface area contributed by atoms with Crippen LogP contribution in [0.1, 0.15) is 12.5 Å². The number of methoxy groups -OCH3 is 1. The molecule has 2 aromatic carbocycles.